The minimum absolute atomic E-state index is 0.0594. The third kappa shape index (κ3) is 3.38. The topological polar surface area (TPSA) is 62.7 Å². The molecule has 2 rings (SSSR count). The van der Waals surface area contributed by atoms with E-state index in [0.29, 0.717) is 19.7 Å². The smallest absolute Gasteiger partial charge is 0.246 e. The number of rotatable bonds is 3. The molecular formula is C13H16N2O3. The number of aliphatic hydroxyl groups excluding tert-OH is 1. The number of hydrogen-bond donors (Lipinski definition) is 1. The third-order valence-corrected chi connectivity index (χ3v) is 2.76. The van der Waals surface area contributed by atoms with E-state index in [2.05, 4.69) is 4.98 Å². The van der Waals surface area contributed by atoms with E-state index in [1.165, 1.54) is 6.08 Å². The first-order valence-corrected chi connectivity index (χ1v) is 5.89. The fraction of sp³-hybridized carbons (Fsp3) is 0.385. The molecule has 18 heavy (non-hydrogen) atoms. The summed E-state index contributed by atoms with van der Waals surface area (Å²) in [5.74, 6) is -0.0689. The number of pyridine rings is 1. The van der Waals surface area contributed by atoms with Crippen molar-refractivity contribution in [3.8, 4) is 0 Å². The first-order chi connectivity index (χ1) is 8.79. The molecule has 5 nitrogen and oxygen atoms in total. The van der Waals surface area contributed by atoms with E-state index in [9.17, 15) is 4.79 Å². The summed E-state index contributed by atoms with van der Waals surface area (Å²) in [6.07, 6.45) is 6.37. The molecule has 0 bridgehead atoms. The second kappa shape index (κ2) is 6.28. The summed E-state index contributed by atoms with van der Waals surface area (Å²) in [6.45, 7) is 1.41. The van der Waals surface area contributed by atoms with Gasteiger partial charge in [-0.2, -0.15) is 0 Å². The van der Waals surface area contributed by atoms with Crippen molar-refractivity contribution in [3.05, 3.63) is 36.2 Å². The van der Waals surface area contributed by atoms with Crippen LogP contribution in [0.4, 0.5) is 0 Å². The normalized spacial score (nSPS) is 20.3. The molecule has 5 heteroatoms. The molecule has 1 atom stereocenters. The van der Waals surface area contributed by atoms with Crippen LogP contribution >= 0.6 is 0 Å². The maximum absolute atomic E-state index is 11.9. The molecule has 0 aliphatic carbocycles. The summed E-state index contributed by atoms with van der Waals surface area (Å²) in [6, 6.07) is 3.70. The second-order valence-corrected chi connectivity index (χ2v) is 4.08. The Bertz CT molecular complexity index is 420. The van der Waals surface area contributed by atoms with Gasteiger partial charge < -0.3 is 14.7 Å². The molecular weight excluding hydrogens is 232 g/mol. The van der Waals surface area contributed by atoms with Crippen LogP contribution in [0.3, 0.4) is 0 Å². The zero-order valence-electron chi connectivity index (χ0n) is 10.0. The third-order valence-electron chi connectivity index (χ3n) is 2.76. The first-order valence-electron chi connectivity index (χ1n) is 5.89. The predicted molar refractivity (Wildman–Crippen MR) is 66.7 cm³/mol. The van der Waals surface area contributed by atoms with Gasteiger partial charge in [-0.3, -0.25) is 9.78 Å². The maximum Gasteiger partial charge on any atom is 0.246 e. The van der Waals surface area contributed by atoms with Crippen LogP contribution in [0.25, 0.3) is 6.08 Å². The van der Waals surface area contributed by atoms with Crippen LogP contribution in [-0.2, 0) is 9.53 Å². The largest absolute Gasteiger partial charge is 0.394 e. The molecule has 0 aromatic carbocycles. The van der Waals surface area contributed by atoms with Crippen LogP contribution in [0.1, 0.15) is 5.56 Å². The SMILES string of the molecule is O=C(/C=C/c1cccnc1)N1CCOC(CO)C1. The Morgan fingerprint density at radius 3 is 3.28 bits per heavy atom. The summed E-state index contributed by atoms with van der Waals surface area (Å²) in [7, 11) is 0. The van der Waals surface area contributed by atoms with Gasteiger partial charge in [0.2, 0.25) is 5.91 Å². The Balaban J connectivity index is 1.93. The molecule has 2 heterocycles. The van der Waals surface area contributed by atoms with Crippen molar-refractivity contribution in [1.29, 1.82) is 0 Å². The number of aliphatic hydroxyl groups is 1. The summed E-state index contributed by atoms with van der Waals surface area (Å²) < 4.78 is 5.29. The lowest BCUT2D eigenvalue weighted by Gasteiger charge is -2.31. The van der Waals surface area contributed by atoms with E-state index in [0.717, 1.165) is 5.56 Å². The molecule has 1 aliphatic rings. The van der Waals surface area contributed by atoms with Gasteiger partial charge in [0.15, 0.2) is 0 Å². The van der Waals surface area contributed by atoms with E-state index in [4.69, 9.17) is 9.84 Å². The van der Waals surface area contributed by atoms with Crippen LogP contribution in [0.15, 0.2) is 30.6 Å². The molecule has 1 aliphatic heterocycles. The van der Waals surface area contributed by atoms with E-state index in [1.807, 2.05) is 12.1 Å². The molecule has 1 aromatic rings. The van der Waals surface area contributed by atoms with Gasteiger partial charge in [0.05, 0.1) is 19.3 Å². The molecule has 0 spiro atoms. The Hall–Kier alpha value is -1.72. The van der Waals surface area contributed by atoms with Crippen LogP contribution in [0.2, 0.25) is 0 Å². The van der Waals surface area contributed by atoms with Gasteiger partial charge in [-0.05, 0) is 17.7 Å². The Morgan fingerprint density at radius 2 is 2.56 bits per heavy atom. The minimum atomic E-state index is -0.269. The average molecular weight is 248 g/mol. The average Bonchev–Trinajstić information content (AvgIpc) is 2.46. The van der Waals surface area contributed by atoms with E-state index >= 15 is 0 Å². The van der Waals surface area contributed by atoms with Crippen molar-refractivity contribution in [1.82, 2.24) is 9.88 Å². The van der Waals surface area contributed by atoms with Crippen molar-refractivity contribution < 1.29 is 14.6 Å². The second-order valence-electron chi connectivity index (χ2n) is 4.08. The van der Waals surface area contributed by atoms with Crippen molar-refractivity contribution in [2.75, 3.05) is 26.3 Å². The lowest BCUT2D eigenvalue weighted by atomic mass is 10.2. The number of aromatic nitrogens is 1. The lowest BCUT2D eigenvalue weighted by Crippen LogP contribution is -2.46. The van der Waals surface area contributed by atoms with Crippen LogP contribution in [0, 0.1) is 0 Å². The highest BCUT2D eigenvalue weighted by Gasteiger charge is 2.21. The van der Waals surface area contributed by atoms with Crippen molar-refractivity contribution in [2.24, 2.45) is 0 Å². The molecule has 0 radical (unpaired) electrons. The van der Waals surface area contributed by atoms with Crippen molar-refractivity contribution >= 4 is 12.0 Å². The molecule has 1 amide bonds. The summed E-state index contributed by atoms with van der Waals surface area (Å²) in [4.78, 5) is 17.6. The number of amides is 1. The Morgan fingerprint density at radius 1 is 1.67 bits per heavy atom. The van der Waals surface area contributed by atoms with Crippen LogP contribution in [-0.4, -0.2) is 53.3 Å². The molecule has 1 saturated heterocycles. The molecule has 0 saturated carbocycles. The first kappa shape index (κ1) is 12.7. The lowest BCUT2D eigenvalue weighted by molar-refractivity contribution is -0.134. The number of morpholine rings is 1. The predicted octanol–water partition coefficient (Wildman–Crippen LogP) is 0.315. The number of ether oxygens (including phenoxy) is 1. The van der Waals surface area contributed by atoms with Gasteiger partial charge in [-0.1, -0.05) is 6.07 Å². The standard InChI is InChI=1S/C13H16N2O3/c16-10-12-9-15(6-7-18-12)13(17)4-3-11-2-1-5-14-8-11/h1-5,8,12,16H,6-7,9-10H2/b4-3+. The molecule has 1 aromatic heterocycles. The van der Waals surface area contributed by atoms with Crippen LogP contribution < -0.4 is 0 Å². The van der Waals surface area contributed by atoms with Crippen molar-refractivity contribution in [3.63, 3.8) is 0 Å². The summed E-state index contributed by atoms with van der Waals surface area (Å²) in [5.41, 5.74) is 0.887. The minimum Gasteiger partial charge on any atom is -0.394 e. The number of carbonyl (C=O) groups excluding carboxylic acids is 1. The molecule has 96 valence electrons. The molecule has 1 N–H and O–H groups in total. The van der Waals surface area contributed by atoms with Gasteiger partial charge in [0.1, 0.15) is 0 Å². The zero-order valence-corrected chi connectivity index (χ0v) is 10.0. The highest BCUT2D eigenvalue weighted by molar-refractivity contribution is 5.91. The van der Waals surface area contributed by atoms with Gasteiger partial charge in [0, 0.05) is 31.6 Å². The van der Waals surface area contributed by atoms with Crippen molar-refractivity contribution in [2.45, 2.75) is 6.10 Å². The van der Waals surface area contributed by atoms with Crippen LogP contribution in [0.5, 0.6) is 0 Å². The fourth-order valence-corrected chi connectivity index (χ4v) is 1.78. The monoisotopic (exact) mass is 248 g/mol. The van der Waals surface area contributed by atoms with E-state index < -0.39 is 0 Å². The number of nitrogens with zero attached hydrogens (tertiary/aromatic N) is 2. The maximum atomic E-state index is 11.9. The molecule has 1 unspecified atom stereocenters. The van der Waals surface area contributed by atoms with E-state index in [-0.39, 0.29) is 18.6 Å². The van der Waals surface area contributed by atoms with Gasteiger partial charge in [-0.15, -0.1) is 0 Å². The quantitative estimate of drug-likeness (QED) is 0.782. The number of carbonyl (C=O) groups is 1. The van der Waals surface area contributed by atoms with Gasteiger partial charge in [0.25, 0.3) is 0 Å². The van der Waals surface area contributed by atoms with Gasteiger partial charge in [-0.25, -0.2) is 0 Å². The fourth-order valence-electron chi connectivity index (χ4n) is 1.78. The van der Waals surface area contributed by atoms with E-state index in [1.54, 1.807) is 23.4 Å². The summed E-state index contributed by atoms with van der Waals surface area (Å²) >= 11 is 0. The zero-order chi connectivity index (χ0) is 12.8. The number of hydrogen-bond acceptors (Lipinski definition) is 4. The Labute approximate surface area is 106 Å². The molecule has 1 fully saturated rings. The summed E-state index contributed by atoms with van der Waals surface area (Å²) in [5, 5.41) is 9.01. The van der Waals surface area contributed by atoms with Gasteiger partial charge >= 0.3 is 0 Å². The highest BCUT2D eigenvalue weighted by Crippen LogP contribution is 2.06. The highest BCUT2D eigenvalue weighted by atomic mass is 16.5. The Kier molecular flexibility index (Phi) is 4.44.